The van der Waals surface area contributed by atoms with E-state index in [-0.39, 0.29) is 46.5 Å². The number of halogens is 4. The van der Waals surface area contributed by atoms with Gasteiger partial charge in [0.2, 0.25) is 0 Å². The van der Waals surface area contributed by atoms with Crippen LogP contribution in [-0.2, 0) is 83.0 Å². The van der Waals surface area contributed by atoms with Crippen molar-refractivity contribution in [1.29, 1.82) is 0 Å². The van der Waals surface area contributed by atoms with E-state index >= 15 is 0 Å². The molecule has 0 amide bonds. The Labute approximate surface area is 639 Å². The maximum Gasteiger partial charge on any atom is -0.172 e. The van der Waals surface area contributed by atoms with Gasteiger partial charge in [0.25, 0.3) is 0 Å². The second kappa shape index (κ2) is 35.2. The van der Waals surface area contributed by atoms with Gasteiger partial charge in [0.05, 0.1) is 0 Å². The number of hydrogen-bond acceptors (Lipinski definition) is 0. The third-order valence-electron chi connectivity index (χ3n) is 17.4. The van der Waals surface area contributed by atoms with E-state index in [4.69, 9.17) is 23.2 Å². The van der Waals surface area contributed by atoms with Gasteiger partial charge in [-0.1, -0.05) is 203 Å². The predicted octanol–water partition coefficient (Wildman–Crippen LogP) is 25.8. The molecule has 98 heavy (non-hydrogen) atoms. The molecule has 0 radical (unpaired) electrons. The Morgan fingerprint density at radius 2 is 0.745 bits per heavy atom. The van der Waals surface area contributed by atoms with Gasteiger partial charge in [-0.05, 0) is 75.0 Å². The molecule has 0 aliphatic heterocycles. The summed E-state index contributed by atoms with van der Waals surface area (Å²) in [5, 5.41) is 1.25. The largest absolute Gasteiger partial charge is 0.214 e. The van der Waals surface area contributed by atoms with Crippen LogP contribution < -0.4 is 0 Å². The third-order valence-corrected chi connectivity index (χ3v) is 21.0. The summed E-state index contributed by atoms with van der Waals surface area (Å²) in [6.45, 7) is 32.1. The maximum absolute atomic E-state index is 6.20. The summed E-state index contributed by atoms with van der Waals surface area (Å²) in [4.78, 5) is 0. The fourth-order valence-electron chi connectivity index (χ4n) is 12.6. The first-order chi connectivity index (χ1) is 45.7. The molecule has 0 fully saturated rings. The zero-order valence-electron chi connectivity index (χ0n) is 59.4. The molecule has 14 rings (SSSR count). The van der Waals surface area contributed by atoms with Crippen LogP contribution in [0.1, 0.15) is 161 Å². The molecule has 2 aliphatic rings. The van der Waals surface area contributed by atoms with Gasteiger partial charge in [-0.25, -0.2) is 24.3 Å². The molecule has 0 spiro atoms. The molecule has 0 N–H and O–H groups in total. The van der Waals surface area contributed by atoms with Crippen LogP contribution in [0, 0.1) is 26.0 Å². The minimum Gasteiger partial charge on any atom is -0.214 e. The summed E-state index contributed by atoms with van der Waals surface area (Å²) in [6, 6.07) is 101. The Hall–Kier alpha value is -6.43. The summed E-state index contributed by atoms with van der Waals surface area (Å²) < 4.78 is 2.64. The fourth-order valence-corrected chi connectivity index (χ4v) is 14.9. The van der Waals surface area contributed by atoms with Crippen LogP contribution in [0.3, 0.4) is 0 Å². The first kappa shape index (κ1) is 78.9. The Bertz CT molecular complexity index is 4250. The van der Waals surface area contributed by atoms with Crippen LogP contribution in [0.5, 0.6) is 0 Å². The van der Waals surface area contributed by atoms with Gasteiger partial charge in [0, 0.05) is 0 Å². The zero-order chi connectivity index (χ0) is 69.0. The first-order valence-corrected chi connectivity index (χ1v) is 36.6. The maximum atomic E-state index is 6.20. The monoisotopic (exact) mass is 1520 g/mol. The molecule has 0 nitrogen and oxygen atoms in total. The number of hydrogen-bond donors (Lipinski definition) is 0. The molecular weight excluding hydrogens is 1430 g/mol. The van der Waals surface area contributed by atoms with E-state index in [0.717, 1.165) is 18.4 Å². The van der Waals surface area contributed by atoms with E-state index in [1.54, 1.807) is 0 Å². The van der Waals surface area contributed by atoms with Crippen LogP contribution in [0.4, 0.5) is 0 Å². The van der Waals surface area contributed by atoms with Gasteiger partial charge in [0.1, 0.15) is 0 Å². The quantitative estimate of drug-likeness (QED) is 0.146. The minimum absolute atomic E-state index is 0. The van der Waals surface area contributed by atoms with Crippen LogP contribution in [0.25, 0.3) is 44.5 Å². The number of fused-ring (bicyclic) bond motifs is 6. The Balaban J connectivity index is 0.000000181. The summed E-state index contributed by atoms with van der Waals surface area (Å²) in [6.07, 6.45) is 1.97. The predicted molar refractivity (Wildman–Crippen MR) is 423 cm³/mol. The van der Waals surface area contributed by atoms with E-state index < -0.39 is 0 Å². The average molecular weight is 1520 g/mol. The summed E-state index contributed by atoms with van der Waals surface area (Å²) in [5.41, 5.74) is 30.0. The molecule has 12 aromatic rings. The average Bonchev–Trinajstić information content (AvgIpc) is 1.58. The summed E-state index contributed by atoms with van der Waals surface area (Å²) in [5.74, 6) is 0. The van der Waals surface area contributed by atoms with Crippen molar-refractivity contribution in [3.63, 3.8) is 0 Å². The Kier molecular flexibility index (Phi) is 28.4. The van der Waals surface area contributed by atoms with Crippen molar-refractivity contribution in [3.8, 4) is 44.5 Å². The van der Waals surface area contributed by atoms with E-state index in [2.05, 4.69) is 279 Å². The van der Waals surface area contributed by atoms with Crippen molar-refractivity contribution in [2.24, 2.45) is 0 Å². The number of aryl methyl sites for hydroxylation is 2. The van der Waals surface area contributed by atoms with Gasteiger partial charge in [-0.15, -0.1) is 70.3 Å². The molecule has 2 aliphatic carbocycles. The molecule has 0 heterocycles. The van der Waals surface area contributed by atoms with Gasteiger partial charge in [-0.3, -0.25) is 0 Å². The molecule has 12 aromatic carbocycles. The van der Waals surface area contributed by atoms with Crippen LogP contribution in [0.15, 0.2) is 267 Å². The number of rotatable bonds is 6. The SMILES string of the molecule is CC(C)(C)c1cc2c([c-]c1-c1ccccc1)Cc1cc(-c3ccccc3)c(C(C)(C)C)cc1-2.Cc1[c-]c2c(cc1C(C)(C)C)-c1cc(C(C)(C)C)c(C)cc1C2.Cl.Cl.Clc1cccc([C](=[Zr+2])c2ccccc2)c1Cl.[Zr+2]=[C](c1ccccc1)c1ccccc1.c1cc[cH-]c1.c1cc[cH-]c1. The molecule has 0 unspecified atom stereocenters. The van der Waals surface area contributed by atoms with E-state index in [1.165, 1.54) is 172 Å². The molecule has 0 saturated carbocycles. The minimum atomic E-state index is 0. The van der Waals surface area contributed by atoms with E-state index in [1.807, 2.05) is 97.1 Å². The molecule has 0 saturated heterocycles. The van der Waals surface area contributed by atoms with E-state index in [9.17, 15) is 0 Å². The van der Waals surface area contributed by atoms with Crippen molar-refractivity contribution >= 4 is 54.4 Å². The van der Waals surface area contributed by atoms with Crippen LogP contribution in [-0.4, -0.2) is 6.41 Å². The molecular formula is C92H92Cl4Zr2. The first-order valence-electron chi connectivity index (χ1n) is 33.4. The van der Waals surface area contributed by atoms with Crippen LogP contribution >= 0.6 is 48.0 Å². The molecule has 0 aromatic heterocycles. The van der Waals surface area contributed by atoms with Crippen LogP contribution in [0.2, 0.25) is 10.0 Å². The Morgan fingerprint density at radius 3 is 1.17 bits per heavy atom. The van der Waals surface area contributed by atoms with Gasteiger partial charge >= 0.3 is 220 Å². The van der Waals surface area contributed by atoms with Crippen molar-refractivity contribution < 1.29 is 48.5 Å². The molecule has 6 heteroatoms. The second-order valence-electron chi connectivity index (χ2n) is 29.0. The molecule has 0 atom stereocenters. The zero-order valence-corrected chi connectivity index (χ0v) is 67.5. The fraction of sp³-hybridized carbons (Fsp3) is 0.217. The van der Waals surface area contributed by atoms with Gasteiger partial charge in [-0.2, -0.15) is 54.1 Å². The second-order valence-corrected chi connectivity index (χ2v) is 32.2. The normalized spacial score (nSPS) is 11.6. The number of benzene rings is 10. The molecule has 0 bridgehead atoms. The van der Waals surface area contributed by atoms with Crippen molar-refractivity contribution in [2.45, 2.75) is 131 Å². The van der Waals surface area contributed by atoms with Crippen molar-refractivity contribution in [3.05, 3.63) is 367 Å². The third kappa shape index (κ3) is 20.4. The summed E-state index contributed by atoms with van der Waals surface area (Å²) >= 11 is 15.0. The van der Waals surface area contributed by atoms with Gasteiger partial charge in [0.15, 0.2) is 0 Å². The van der Waals surface area contributed by atoms with Crippen molar-refractivity contribution in [1.82, 2.24) is 0 Å². The van der Waals surface area contributed by atoms with Crippen molar-refractivity contribution in [2.75, 3.05) is 0 Å². The standard InChI is InChI=1S/C33H33.C23H29.C13H8Cl2.C13H10.2C5H5.2ClH.2Zr/c1-32(2,3)30-20-26-24(18-28(30)22-13-9-7-10-14-22)17-25-19-29(23-15-11-8-12-16-23)31(21-27(25)26)33(4,5)6;1-14-9-16-11-17-10-15(2)21(23(6,7)8)13-19(17)18(16)12-20(14)22(3,4)5;14-12-8-4-7-11(13(12)15)9-10-5-2-1-3-6-10;1-3-7-12(8-4-1)11-13-9-5-2-6-10-13;2*1-2-4-5-3-1;;;;/h7-16,18,20-21H,17H2,1-6H3;9,12-13H,11H2,1-8H3;1-8H;1-10H;2*1-5H;2*1H;;/q2*-1;;;2*-1;;;2*+2. The topological polar surface area (TPSA) is 0 Å². The smallest absolute Gasteiger partial charge is 0.172 e. The Morgan fingerprint density at radius 1 is 0.367 bits per heavy atom. The van der Waals surface area contributed by atoms with Gasteiger partial charge < -0.3 is 0 Å². The molecule has 496 valence electrons. The summed E-state index contributed by atoms with van der Waals surface area (Å²) in [7, 11) is 0. The van der Waals surface area contributed by atoms with E-state index in [0.29, 0.717) is 10.0 Å².